The van der Waals surface area contributed by atoms with Crippen LogP contribution in [0.15, 0.2) is 59.9 Å². The Balaban J connectivity index is 1.96. The first-order chi connectivity index (χ1) is 15.8. The summed E-state index contributed by atoms with van der Waals surface area (Å²) in [5.41, 5.74) is 1.55. The van der Waals surface area contributed by atoms with Crippen molar-refractivity contribution in [2.45, 2.75) is 32.6 Å². The largest absolute Gasteiger partial charge is 0.370 e. The van der Waals surface area contributed by atoms with Gasteiger partial charge >= 0.3 is 0 Å². The number of aromatic nitrogens is 3. The minimum atomic E-state index is -3.67. The molecule has 0 saturated heterocycles. The molecule has 3 rings (SSSR count). The van der Waals surface area contributed by atoms with E-state index in [0.717, 1.165) is 5.69 Å². The molecule has 0 aliphatic rings. The highest BCUT2D eigenvalue weighted by Crippen LogP contribution is 2.30. The highest BCUT2D eigenvalue weighted by atomic mass is 32.2. The predicted octanol–water partition coefficient (Wildman–Crippen LogP) is 3.40. The number of nitrogens with zero attached hydrogens (tertiary/aromatic N) is 5. The predicted molar refractivity (Wildman–Crippen MR) is 129 cm³/mol. The van der Waals surface area contributed by atoms with Crippen LogP contribution >= 0.6 is 0 Å². The lowest BCUT2D eigenvalue weighted by Crippen LogP contribution is -2.31. The molecule has 0 spiro atoms. The van der Waals surface area contributed by atoms with Crippen LogP contribution in [0.1, 0.15) is 38.1 Å². The molecule has 1 amide bonds. The van der Waals surface area contributed by atoms with E-state index < -0.39 is 10.0 Å². The number of carbonyl (C=O) groups excluding carboxylic acids is 1. The summed E-state index contributed by atoms with van der Waals surface area (Å²) in [4.78, 5) is 19.5. The Bertz CT molecular complexity index is 1170. The average Bonchev–Trinajstić information content (AvgIpc) is 3.36. The smallest absolute Gasteiger partial charge is 0.257 e. The van der Waals surface area contributed by atoms with Crippen molar-refractivity contribution in [1.29, 1.82) is 0 Å². The van der Waals surface area contributed by atoms with Gasteiger partial charge in [-0.2, -0.15) is 9.40 Å². The van der Waals surface area contributed by atoms with E-state index in [1.807, 2.05) is 13.8 Å². The van der Waals surface area contributed by atoms with E-state index in [9.17, 15) is 13.2 Å². The molecule has 0 radical (unpaired) electrons. The molecule has 0 atom stereocenters. The van der Waals surface area contributed by atoms with E-state index in [0.29, 0.717) is 43.2 Å². The van der Waals surface area contributed by atoms with Gasteiger partial charge in [-0.15, -0.1) is 0 Å². The van der Waals surface area contributed by atoms with Gasteiger partial charge in [0.05, 0.1) is 21.8 Å². The average molecular weight is 471 g/mol. The first-order valence-electron chi connectivity index (χ1n) is 11.0. The van der Waals surface area contributed by atoms with Gasteiger partial charge in [-0.1, -0.05) is 13.8 Å². The molecule has 0 fully saturated rings. The zero-order chi connectivity index (χ0) is 24.0. The third kappa shape index (κ3) is 5.23. The van der Waals surface area contributed by atoms with Crippen LogP contribution in [-0.2, 0) is 10.0 Å². The molecular weight excluding hydrogens is 440 g/mol. The minimum absolute atomic E-state index is 0.143. The van der Waals surface area contributed by atoms with Gasteiger partial charge in [0.15, 0.2) is 5.82 Å². The van der Waals surface area contributed by atoms with Crippen LogP contribution in [0.4, 0.5) is 11.4 Å². The van der Waals surface area contributed by atoms with Gasteiger partial charge in [0.25, 0.3) is 5.91 Å². The van der Waals surface area contributed by atoms with Crippen molar-refractivity contribution < 1.29 is 13.2 Å². The SMILES string of the molecule is CCN(CC)c1ccc(S(=O)(=O)N(CC)CC)cc1NC(=O)c1ccc(-n2cccn2)nc1. The van der Waals surface area contributed by atoms with Crippen molar-refractivity contribution in [1.82, 2.24) is 19.1 Å². The summed E-state index contributed by atoms with van der Waals surface area (Å²) < 4.78 is 29.1. The molecule has 1 aromatic carbocycles. The van der Waals surface area contributed by atoms with Gasteiger partial charge in [0.2, 0.25) is 10.0 Å². The van der Waals surface area contributed by atoms with Crippen LogP contribution in [-0.4, -0.2) is 59.6 Å². The van der Waals surface area contributed by atoms with E-state index in [-0.39, 0.29) is 10.8 Å². The molecule has 176 valence electrons. The lowest BCUT2D eigenvalue weighted by molar-refractivity contribution is 0.102. The first kappa shape index (κ1) is 24.4. The zero-order valence-corrected chi connectivity index (χ0v) is 20.2. The maximum absolute atomic E-state index is 13.1. The summed E-state index contributed by atoms with van der Waals surface area (Å²) >= 11 is 0. The number of nitrogens with one attached hydrogen (secondary N) is 1. The van der Waals surface area contributed by atoms with Crippen molar-refractivity contribution in [2.75, 3.05) is 36.4 Å². The third-order valence-corrected chi connectivity index (χ3v) is 7.46. The molecule has 3 aromatic rings. The van der Waals surface area contributed by atoms with E-state index in [2.05, 4.69) is 20.3 Å². The molecule has 2 heterocycles. The van der Waals surface area contributed by atoms with Crippen molar-refractivity contribution in [3.05, 3.63) is 60.6 Å². The molecular formula is C23H30N6O3S. The highest BCUT2D eigenvalue weighted by Gasteiger charge is 2.24. The zero-order valence-electron chi connectivity index (χ0n) is 19.4. The number of sulfonamides is 1. The molecule has 9 nitrogen and oxygen atoms in total. The molecule has 0 unspecified atom stereocenters. The van der Waals surface area contributed by atoms with Crippen molar-refractivity contribution >= 4 is 27.3 Å². The van der Waals surface area contributed by atoms with Crippen LogP contribution in [0, 0.1) is 0 Å². The van der Waals surface area contributed by atoms with Gasteiger partial charge in [-0.3, -0.25) is 4.79 Å². The number of anilines is 2. The van der Waals surface area contributed by atoms with Gasteiger partial charge in [0, 0.05) is 44.8 Å². The Kier molecular flexibility index (Phi) is 7.83. The number of hydrogen-bond donors (Lipinski definition) is 1. The molecule has 0 aliphatic carbocycles. The first-order valence-corrected chi connectivity index (χ1v) is 12.5. The Morgan fingerprint density at radius 2 is 1.76 bits per heavy atom. The standard InChI is InChI=1S/C23H30N6O3S/c1-5-27(6-2)21-12-11-19(33(31,32)28(7-3)8-4)16-20(21)26-23(30)18-10-13-22(24-17-18)29-15-9-14-25-29/h9-17H,5-8H2,1-4H3,(H,26,30). The number of pyridine rings is 1. The summed E-state index contributed by atoms with van der Waals surface area (Å²) in [5.74, 6) is 0.216. The number of amides is 1. The second-order valence-electron chi connectivity index (χ2n) is 7.25. The van der Waals surface area contributed by atoms with Crippen molar-refractivity contribution in [2.24, 2.45) is 0 Å². The normalized spacial score (nSPS) is 11.5. The molecule has 10 heteroatoms. The topological polar surface area (TPSA) is 100 Å². The molecule has 2 aromatic heterocycles. The Hall–Kier alpha value is -3.24. The van der Waals surface area contributed by atoms with E-state index in [1.54, 1.807) is 61.3 Å². The van der Waals surface area contributed by atoms with Crippen molar-refractivity contribution in [3.8, 4) is 5.82 Å². The van der Waals surface area contributed by atoms with Gasteiger partial charge < -0.3 is 10.2 Å². The number of benzene rings is 1. The Morgan fingerprint density at radius 3 is 2.30 bits per heavy atom. The summed E-state index contributed by atoms with van der Waals surface area (Å²) in [7, 11) is -3.67. The van der Waals surface area contributed by atoms with Gasteiger partial charge in [-0.05, 0) is 50.2 Å². The van der Waals surface area contributed by atoms with Crippen LogP contribution in [0.5, 0.6) is 0 Å². The Morgan fingerprint density at radius 1 is 1.03 bits per heavy atom. The van der Waals surface area contributed by atoms with E-state index in [4.69, 9.17) is 0 Å². The second-order valence-corrected chi connectivity index (χ2v) is 9.19. The molecule has 0 saturated carbocycles. The van der Waals surface area contributed by atoms with Crippen LogP contribution in [0.25, 0.3) is 5.82 Å². The fourth-order valence-electron chi connectivity index (χ4n) is 3.58. The number of hydrogen-bond acceptors (Lipinski definition) is 6. The fraction of sp³-hybridized carbons (Fsp3) is 0.348. The summed E-state index contributed by atoms with van der Waals surface area (Å²) in [5, 5.41) is 7.02. The van der Waals surface area contributed by atoms with Crippen LogP contribution < -0.4 is 10.2 Å². The van der Waals surface area contributed by atoms with E-state index in [1.165, 1.54) is 16.6 Å². The maximum Gasteiger partial charge on any atom is 0.257 e. The minimum Gasteiger partial charge on any atom is -0.370 e. The maximum atomic E-state index is 13.1. The van der Waals surface area contributed by atoms with Crippen molar-refractivity contribution in [3.63, 3.8) is 0 Å². The van der Waals surface area contributed by atoms with E-state index >= 15 is 0 Å². The second kappa shape index (κ2) is 10.6. The third-order valence-electron chi connectivity index (χ3n) is 5.41. The summed E-state index contributed by atoms with van der Waals surface area (Å²) in [6.07, 6.45) is 4.89. The summed E-state index contributed by atoms with van der Waals surface area (Å²) in [6, 6.07) is 10.0. The lowest BCUT2D eigenvalue weighted by Gasteiger charge is -2.26. The summed E-state index contributed by atoms with van der Waals surface area (Å²) in [6.45, 7) is 9.77. The molecule has 0 aliphatic heterocycles. The highest BCUT2D eigenvalue weighted by molar-refractivity contribution is 7.89. The Labute approximate surface area is 195 Å². The monoisotopic (exact) mass is 470 g/mol. The lowest BCUT2D eigenvalue weighted by atomic mass is 10.2. The quantitative estimate of drug-likeness (QED) is 0.487. The van der Waals surface area contributed by atoms with Gasteiger partial charge in [-0.25, -0.2) is 18.1 Å². The molecule has 0 bridgehead atoms. The molecule has 1 N–H and O–H groups in total. The number of rotatable bonds is 10. The van der Waals surface area contributed by atoms with Crippen LogP contribution in [0.2, 0.25) is 0 Å². The van der Waals surface area contributed by atoms with Gasteiger partial charge in [0.1, 0.15) is 0 Å². The molecule has 33 heavy (non-hydrogen) atoms. The number of carbonyl (C=O) groups is 1. The fourth-order valence-corrected chi connectivity index (χ4v) is 5.07. The van der Waals surface area contributed by atoms with Crippen LogP contribution in [0.3, 0.4) is 0 Å².